The Morgan fingerprint density at radius 2 is 0.737 bits per heavy atom. The molecule has 0 bridgehead atoms. The average molecular weight is 362 g/mol. The zero-order valence-corrected chi connectivity index (χ0v) is 10.4. The monoisotopic (exact) mass is 361 g/mol. The van der Waals surface area contributed by atoms with Crippen molar-refractivity contribution >= 4 is 23.9 Å². The molecule has 0 fully saturated rings. The Kier molecular flexibility index (Phi) is 5.44. The zero-order valence-electron chi connectivity index (χ0n) is 8.88. The van der Waals surface area contributed by atoms with Crippen LogP contribution in [0.4, 0.5) is 0 Å². The van der Waals surface area contributed by atoms with Crippen molar-refractivity contribution in [3.8, 4) is 0 Å². The van der Waals surface area contributed by atoms with Crippen LogP contribution < -0.4 is 0 Å². The van der Waals surface area contributed by atoms with Gasteiger partial charge in [-0.1, -0.05) is 0 Å². The molecule has 0 saturated heterocycles. The van der Waals surface area contributed by atoms with Crippen molar-refractivity contribution in [2.75, 3.05) is 0 Å². The zero-order chi connectivity index (χ0) is 14.0. The first-order valence-electron chi connectivity index (χ1n) is 4.37. The van der Waals surface area contributed by atoms with Crippen LogP contribution in [0.25, 0.3) is 0 Å². The minimum absolute atomic E-state index is 0. The third kappa shape index (κ3) is 3.41. The third-order valence-electron chi connectivity index (χ3n) is 2.08. The van der Waals surface area contributed by atoms with E-state index in [-0.39, 0.29) is 22.4 Å². The van der Waals surface area contributed by atoms with Crippen LogP contribution in [0.1, 0.15) is 41.4 Å². The summed E-state index contributed by atoms with van der Waals surface area (Å²) in [7, 11) is 0. The number of benzene rings is 1. The molecule has 1 aromatic carbocycles. The van der Waals surface area contributed by atoms with E-state index in [1.165, 1.54) is 0 Å². The molecule has 0 aromatic heterocycles. The van der Waals surface area contributed by atoms with Crippen molar-refractivity contribution in [1.82, 2.24) is 0 Å². The van der Waals surface area contributed by atoms with Gasteiger partial charge in [-0.05, 0) is 12.1 Å². The Morgan fingerprint density at radius 3 is 0.842 bits per heavy atom. The second kappa shape index (κ2) is 6.14. The molecule has 0 aliphatic rings. The molecule has 0 amide bonds. The van der Waals surface area contributed by atoms with Crippen molar-refractivity contribution < 1.29 is 62.0 Å². The molecule has 8 nitrogen and oxygen atoms in total. The standard InChI is InChI=1S/C10H6O8.Ag/c11-7(12)3-1-4(8(13)14)6(10(17)18)2-5(3)9(15)16;/h1-2H,(H,11,12)(H,13,14)(H,15,16)(H,17,18);. The predicted molar refractivity (Wildman–Crippen MR) is 54.3 cm³/mol. The molecule has 0 aliphatic heterocycles. The van der Waals surface area contributed by atoms with Gasteiger partial charge in [-0.3, -0.25) is 0 Å². The number of carboxylic acid groups (broad SMARTS) is 4. The summed E-state index contributed by atoms with van der Waals surface area (Å²) in [5, 5.41) is 35.0. The van der Waals surface area contributed by atoms with E-state index in [2.05, 4.69) is 0 Å². The Hall–Kier alpha value is -2.16. The van der Waals surface area contributed by atoms with Gasteiger partial charge >= 0.3 is 23.9 Å². The molecule has 105 valence electrons. The van der Waals surface area contributed by atoms with Crippen molar-refractivity contribution in [3.05, 3.63) is 34.4 Å². The Balaban J connectivity index is 0.00000324. The van der Waals surface area contributed by atoms with Gasteiger partial charge in [0.2, 0.25) is 0 Å². The Morgan fingerprint density at radius 1 is 0.579 bits per heavy atom. The number of carboxylic acids is 4. The van der Waals surface area contributed by atoms with Crippen LogP contribution in [0.3, 0.4) is 0 Å². The molecule has 0 atom stereocenters. The van der Waals surface area contributed by atoms with Gasteiger partial charge in [0, 0.05) is 22.4 Å². The molecule has 0 spiro atoms. The summed E-state index contributed by atoms with van der Waals surface area (Å²) in [5.41, 5.74) is -3.15. The summed E-state index contributed by atoms with van der Waals surface area (Å²) >= 11 is 0. The number of hydrogen-bond donors (Lipinski definition) is 4. The fourth-order valence-corrected chi connectivity index (χ4v) is 1.31. The van der Waals surface area contributed by atoms with Crippen molar-refractivity contribution in [2.45, 2.75) is 0 Å². The van der Waals surface area contributed by atoms with E-state index in [0.717, 1.165) is 0 Å². The molecule has 9 heteroatoms. The molecule has 1 radical (unpaired) electrons. The maximum atomic E-state index is 10.8. The predicted octanol–water partition coefficient (Wildman–Crippen LogP) is 0.477. The molecule has 19 heavy (non-hydrogen) atoms. The molecule has 0 unspecified atom stereocenters. The second-order valence-corrected chi connectivity index (χ2v) is 3.16. The van der Waals surface area contributed by atoms with Crippen LogP contribution in [0, 0.1) is 0 Å². The molecule has 0 saturated carbocycles. The van der Waals surface area contributed by atoms with Gasteiger partial charge in [0.15, 0.2) is 0 Å². The number of rotatable bonds is 4. The summed E-state index contributed by atoms with van der Waals surface area (Å²) in [6.45, 7) is 0. The van der Waals surface area contributed by atoms with Gasteiger partial charge in [-0.15, -0.1) is 0 Å². The molecular weight excluding hydrogens is 356 g/mol. The average Bonchev–Trinajstić information content (AvgIpc) is 2.26. The number of hydrogen-bond acceptors (Lipinski definition) is 4. The topological polar surface area (TPSA) is 149 Å². The smallest absolute Gasteiger partial charge is 0.336 e. The van der Waals surface area contributed by atoms with Crippen molar-refractivity contribution in [2.24, 2.45) is 0 Å². The molecule has 0 heterocycles. The van der Waals surface area contributed by atoms with Crippen LogP contribution in [0.2, 0.25) is 0 Å². The van der Waals surface area contributed by atoms with Gasteiger partial charge in [-0.25, -0.2) is 19.2 Å². The van der Waals surface area contributed by atoms with Crippen molar-refractivity contribution in [3.63, 3.8) is 0 Å². The number of carbonyl (C=O) groups is 4. The maximum absolute atomic E-state index is 10.8. The van der Waals surface area contributed by atoms with E-state index in [9.17, 15) is 19.2 Å². The summed E-state index contributed by atoms with van der Waals surface area (Å²) in [5.74, 6) is -6.64. The van der Waals surface area contributed by atoms with Crippen LogP contribution in [-0.4, -0.2) is 44.3 Å². The van der Waals surface area contributed by atoms with Gasteiger partial charge in [0.05, 0.1) is 22.3 Å². The Bertz CT molecular complexity index is 479. The summed E-state index contributed by atoms with van der Waals surface area (Å²) in [6.07, 6.45) is 0. The minimum atomic E-state index is -1.66. The molecule has 4 N–H and O–H groups in total. The maximum Gasteiger partial charge on any atom is 0.336 e. The van der Waals surface area contributed by atoms with Crippen LogP contribution in [0.5, 0.6) is 0 Å². The number of aromatic carboxylic acids is 4. The second-order valence-electron chi connectivity index (χ2n) is 3.16. The minimum Gasteiger partial charge on any atom is -0.478 e. The van der Waals surface area contributed by atoms with E-state index in [0.29, 0.717) is 12.1 Å². The first-order valence-corrected chi connectivity index (χ1v) is 4.37. The summed E-state index contributed by atoms with van der Waals surface area (Å²) in [4.78, 5) is 43.1. The molecule has 1 rings (SSSR count). The van der Waals surface area contributed by atoms with E-state index in [1.807, 2.05) is 0 Å². The quantitative estimate of drug-likeness (QED) is 0.565. The van der Waals surface area contributed by atoms with Crippen LogP contribution in [0.15, 0.2) is 12.1 Å². The van der Waals surface area contributed by atoms with Gasteiger partial charge < -0.3 is 20.4 Å². The third-order valence-corrected chi connectivity index (χ3v) is 2.08. The van der Waals surface area contributed by atoms with Gasteiger partial charge in [0.25, 0.3) is 0 Å². The van der Waals surface area contributed by atoms with E-state index in [1.54, 1.807) is 0 Å². The molecular formula is C10H6AgO8. The normalized spacial score (nSPS) is 9.26. The van der Waals surface area contributed by atoms with E-state index < -0.39 is 46.1 Å². The fourth-order valence-electron chi connectivity index (χ4n) is 1.31. The Labute approximate surface area is 120 Å². The molecule has 1 aromatic rings. The van der Waals surface area contributed by atoms with E-state index >= 15 is 0 Å². The first kappa shape index (κ1) is 16.8. The molecule has 0 aliphatic carbocycles. The first-order chi connectivity index (χ1) is 8.25. The van der Waals surface area contributed by atoms with Crippen LogP contribution >= 0.6 is 0 Å². The van der Waals surface area contributed by atoms with Gasteiger partial charge in [-0.2, -0.15) is 0 Å². The summed E-state index contributed by atoms with van der Waals surface area (Å²) < 4.78 is 0. The van der Waals surface area contributed by atoms with Gasteiger partial charge in [0.1, 0.15) is 0 Å². The summed E-state index contributed by atoms with van der Waals surface area (Å²) in [6, 6.07) is 1.02. The van der Waals surface area contributed by atoms with Crippen LogP contribution in [-0.2, 0) is 22.4 Å². The largest absolute Gasteiger partial charge is 0.478 e. The van der Waals surface area contributed by atoms with Crippen molar-refractivity contribution in [1.29, 1.82) is 0 Å². The fraction of sp³-hybridized carbons (Fsp3) is 0. The SMILES string of the molecule is O=C(O)c1cc(C(=O)O)c(C(=O)O)cc1C(=O)O.[Ag]. The van der Waals surface area contributed by atoms with E-state index in [4.69, 9.17) is 20.4 Å².